The van der Waals surface area contributed by atoms with Crippen LogP contribution in [0.15, 0.2) is 18.2 Å². The SMILES string of the molecule is Cc1ccc2cc(C[NH+]3CC[NH+](C)CC3)c(Cl)nc2c1C. The summed E-state index contributed by atoms with van der Waals surface area (Å²) in [5.74, 6) is 0. The van der Waals surface area contributed by atoms with Gasteiger partial charge in [-0.25, -0.2) is 4.98 Å². The molecule has 3 nitrogen and oxygen atoms in total. The first-order valence-corrected chi connectivity index (χ1v) is 8.12. The molecule has 0 radical (unpaired) electrons. The summed E-state index contributed by atoms with van der Waals surface area (Å²) in [4.78, 5) is 7.91. The smallest absolute Gasteiger partial charge is 0.138 e. The van der Waals surface area contributed by atoms with Gasteiger partial charge in [0.15, 0.2) is 0 Å². The van der Waals surface area contributed by atoms with Crippen LogP contribution in [0.1, 0.15) is 16.7 Å². The zero-order valence-corrected chi connectivity index (χ0v) is 13.8. The van der Waals surface area contributed by atoms with Crippen molar-refractivity contribution in [1.82, 2.24) is 4.98 Å². The van der Waals surface area contributed by atoms with E-state index in [-0.39, 0.29) is 0 Å². The number of aromatic nitrogens is 1. The number of pyridine rings is 1. The maximum Gasteiger partial charge on any atom is 0.138 e. The van der Waals surface area contributed by atoms with Gasteiger partial charge in [0.2, 0.25) is 0 Å². The van der Waals surface area contributed by atoms with Gasteiger partial charge in [0, 0.05) is 10.9 Å². The van der Waals surface area contributed by atoms with E-state index in [1.165, 1.54) is 48.3 Å². The Bertz CT molecular complexity index is 661. The Balaban J connectivity index is 1.89. The van der Waals surface area contributed by atoms with Crippen molar-refractivity contribution >= 4 is 22.5 Å². The van der Waals surface area contributed by atoms with Crippen LogP contribution in [0.2, 0.25) is 5.15 Å². The zero-order chi connectivity index (χ0) is 15.0. The molecule has 2 heterocycles. The summed E-state index contributed by atoms with van der Waals surface area (Å²) in [6, 6.07) is 6.56. The molecule has 1 fully saturated rings. The van der Waals surface area contributed by atoms with E-state index in [1.807, 2.05) is 0 Å². The lowest BCUT2D eigenvalue weighted by Gasteiger charge is -2.27. The number of fused-ring (bicyclic) bond motifs is 1. The highest BCUT2D eigenvalue weighted by Gasteiger charge is 2.21. The number of rotatable bonds is 2. The molecule has 0 saturated carbocycles. The maximum atomic E-state index is 6.45. The number of halogens is 1. The van der Waals surface area contributed by atoms with Gasteiger partial charge in [-0.3, -0.25) is 0 Å². The number of hydrogen-bond acceptors (Lipinski definition) is 1. The minimum atomic E-state index is 0.676. The molecule has 1 aliphatic heterocycles. The minimum Gasteiger partial charge on any atom is -0.328 e. The third-order valence-corrected chi connectivity index (χ3v) is 5.12. The molecule has 2 aromatic rings. The largest absolute Gasteiger partial charge is 0.328 e. The van der Waals surface area contributed by atoms with E-state index < -0.39 is 0 Å². The van der Waals surface area contributed by atoms with E-state index >= 15 is 0 Å². The molecule has 1 saturated heterocycles. The van der Waals surface area contributed by atoms with Gasteiger partial charge in [-0.15, -0.1) is 0 Å². The topological polar surface area (TPSA) is 21.8 Å². The summed E-state index contributed by atoms with van der Waals surface area (Å²) in [7, 11) is 2.27. The van der Waals surface area contributed by atoms with E-state index in [2.05, 4.69) is 44.1 Å². The first-order chi connectivity index (χ1) is 10.0. The molecule has 2 N–H and O–H groups in total. The Kier molecular flexibility index (Phi) is 4.16. The summed E-state index contributed by atoms with van der Waals surface area (Å²) >= 11 is 6.45. The number of aryl methyl sites for hydroxylation is 2. The predicted octanol–water partition coefficient (Wildman–Crippen LogP) is 0.418. The van der Waals surface area contributed by atoms with Crippen LogP contribution in [0, 0.1) is 13.8 Å². The minimum absolute atomic E-state index is 0.676. The second-order valence-electron chi connectivity index (χ2n) is 6.40. The quantitative estimate of drug-likeness (QED) is 0.771. The second kappa shape index (κ2) is 5.91. The highest BCUT2D eigenvalue weighted by atomic mass is 35.5. The summed E-state index contributed by atoms with van der Waals surface area (Å²) in [6.07, 6.45) is 0. The van der Waals surface area contributed by atoms with Gasteiger partial charge < -0.3 is 9.80 Å². The molecule has 1 aromatic heterocycles. The van der Waals surface area contributed by atoms with Crippen LogP contribution in [0.3, 0.4) is 0 Å². The average Bonchev–Trinajstić information content (AvgIpc) is 2.47. The van der Waals surface area contributed by atoms with Crippen LogP contribution in [0.25, 0.3) is 10.9 Å². The third-order valence-electron chi connectivity index (χ3n) is 4.79. The summed E-state index contributed by atoms with van der Waals surface area (Å²) in [6.45, 7) is 10.1. The molecule has 0 bridgehead atoms. The molecule has 1 aromatic carbocycles. The molecule has 0 aliphatic carbocycles. The molecule has 0 spiro atoms. The molecule has 0 atom stereocenters. The molecule has 4 heteroatoms. The third kappa shape index (κ3) is 3.05. The van der Waals surface area contributed by atoms with Gasteiger partial charge in [0.1, 0.15) is 37.9 Å². The van der Waals surface area contributed by atoms with Gasteiger partial charge in [0.05, 0.1) is 12.6 Å². The molecule has 0 unspecified atom stereocenters. The number of nitrogens with one attached hydrogen (secondary N) is 2. The summed E-state index contributed by atoms with van der Waals surface area (Å²) < 4.78 is 0. The van der Waals surface area contributed by atoms with Crippen molar-refractivity contribution in [3.05, 3.63) is 40.0 Å². The van der Waals surface area contributed by atoms with Gasteiger partial charge in [-0.05, 0) is 31.0 Å². The van der Waals surface area contributed by atoms with Gasteiger partial charge in [-0.1, -0.05) is 23.7 Å². The van der Waals surface area contributed by atoms with E-state index in [4.69, 9.17) is 11.6 Å². The number of benzene rings is 1. The molecular weight excluding hydrogens is 282 g/mol. The average molecular weight is 306 g/mol. The fraction of sp³-hybridized carbons (Fsp3) is 0.471. The zero-order valence-electron chi connectivity index (χ0n) is 13.1. The molecule has 1 aliphatic rings. The maximum absolute atomic E-state index is 6.45. The van der Waals surface area contributed by atoms with Crippen molar-refractivity contribution in [2.75, 3.05) is 33.2 Å². The van der Waals surface area contributed by atoms with Gasteiger partial charge >= 0.3 is 0 Å². The highest BCUT2D eigenvalue weighted by molar-refractivity contribution is 6.30. The van der Waals surface area contributed by atoms with Crippen molar-refractivity contribution in [1.29, 1.82) is 0 Å². The predicted molar refractivity (Wildman–Crippen MR) is 87.2 cm³/mol. The molecule has 3 rings (SSSR count). The first-order valence-electron chi connectivity index (χ1n) is 7.75. The Morgan fingerprint density at radius 1 is 1.14 bits per heavy atom. The van der Waals surface area contributed by atoms with Crippen LogP contribution in [0.4, 0.5) is 0 Å². The number of likely N-dealkylation sites (N-methyl/N-ethyl adjacent to an activating group) is 1. The van der Waals surface area contributed by atoms with Crippen molar-refractivity contribution < 1.29 is 9.80 Å². The lowest BCUT2D eigenvalue weighted by atomic mass is 10.0. The highest BCUT2D eigenvalue weighted by Crippen LogP contribution is 2.24. The van der Waals surface area contributed by atoms with Gasteiger partial charge in [-0.2, -0.15) is 0 Å². The van der Waals surface area contributed by atoms with Crippen molar-refractivity contribution in [2.45, 2.75) is 20.4 Å². The monoisotopic (exact) mass is 305 g/mol. The second-order valence-corrected chi connectivity index (χ2v) is 6.76. The van der Waals surface area contributed by atoms with Crippen molar-refractivity contribution in [3.8, 4) is 0 Å². The van der Waals surface area contributed by atoms with Crippen LogP contribution in [0.5, 0.6) is 0 Å². The lowest BCUT2D eigenvalue weighted by molar-refractivity contribution is -1.01. The molecular formula is C17H24ClN3+2. The van der Waals surface area contributed by atoms with E-state index in [0.717, 1.165) is 12.1 Å². The van der Waals surface area contributed by atoms with Crippen LogP contribution in [-0.4, -0.2) is 38.2 Å². The molecule has 112 valence electrons. The fourth-order valence-corrected chi connectivity index (χ4v) is 3.31. The summed E-state index contributed by atoms with van der Waals surface area (Å²) in [5.41, 5.74) is 4.73. The van der Waals surface area contributed by atoms with E-state index in [9.17, 15) is 0 Å². The normalized spacial score (nSPS) is 22.7. The Morgan fingerprint density at radius 2 is 1.86 bits per heavy atom. The van der Waals surface area contributed by atoms with Crippen LogP contribution < -0.4 is 9.80 Å². The van der Waals surface area contributed by atoms with Crippen LogP contribution >= 0.6 is 11.6 Å². The summed E-state index contributed by atoms with van der Waals surface area (Å²) in [5, 5.41) is 1.88. The standard InChI is InChI=1S/C17H22ClN3/c1-12-4-5-14-10-15(17(18)19-16(14)13(12)2)11-21-8-6-20(3)7-9-21/h4-5,10H,6-9,11H2,1-3H3/p+2. The Hall–Kier alpha value is -1.16. The molecule has 21 heavy (non-hydrogen) atoms. The van der Waals surface area contributed by atoms with Crippen LogP contribution in [-0.2, 0) is 6.54 Å². The van der Waals surface area contributed by atoms with Gasteiger partial charge in [0.25, 0.3) is 0 Å². The first kappa shape index (κ1) is 14.8. The van der Waals surface area contributed by atoms with E-state index in [0.29, 0.717) is 5.15 Å². The van der Waals surface area contributed by atoms with E-state index in [1.54, 1.807) is 9.80 Å². The number of quaternary nitrogens is 2. The molecule has 0 amide bonds. The number of hydrogen-bond donors (Lipinski definition) is 2. The number of piperazine rings is 1. The van der Waals surface area contributed by atoms with Crippen molar-refractivity contribution in [3.63, 3.8) is 0 Å². The Morgan fingerprint density at radius 3 is 2.57 bits per heavy atom. The number of nitrogens with zero attached hydrogens (tertiary/aromatic N) is 1. The lowest BCUT2D eigenvalue weighted by Crippen LogP contribution is -3.26. The fourth-order valence-electron chi connectivity index (χ4n) is 3.10. The van der Waals surface area contributed by atoms with Crippen molar-refractivity contribution in [2.24, 2.45) is 0 Å². The Labute approximate surface area is 131 Å².